The van der Waals surface area contributed by atoms with Crippen LogP contribution in [0.4, 0.5) is 0 Å². The molecule has 0 unspecified atom stereocenters. The molecule has 0 radical (unpaired) electrons. The average molecular weight is 305 g/mol. The Morgan fingerprint density at radius 3 is 2.95 bits per heavy atom. The Bertz CT molecular complexity index is 718. The van der Waals surface area contributed by atoms with Crippen LogP contribution in [0.15, 0.2) is 34.2 Å². The van der Waals surface area contributed by atoms with Crippen LogP contribution >= 0.6 is 11.8 Å². The molecule has 0 bridgehead atoms. The average Bonchev–Trinajstić information content (AvgIpc) is 3.28. The van der Waals surface area contributed by atoms with Crippen LogP contribution in [0.2, 0.25) is 0 Å². The third kappa shape index (κ3) is 2.87. The molecule has 7 heteroatoms. The first-order valence-corrected chi connectivity index (χ1v) is 7.65. The topological polar surface area (TPSA) is 77.0 Å². The van der Waals surface area contributed by atoms with Gasteiger partial charge in [-0.1, -0.05) is 23.9 Å². The molecular weight excluding hydrogens is 290 g/mol. The van der Waals surface area contributed by atoms with E-state index in [-0.39, 0.29) is 23.3 Å². The number of benzene rings is 1. The molecule has 21 heavy (non-hydrogen) atoms. The number of nitrogens with one attached hydrogen (secondary N) is 1. The number of H-pyrrole nitrogens is 1. The molecule has 0 amide bonds. The Labute approximate surface area is 125 Å². The first-order valence-electron chi connectivity index (χ1n) is 6.66. The summed E-state index contributed by atoms with van der Waals surface area (Å²) < 4.78 is 6.83. The van der Waals surface area contributed by atoms with Crippen molar-refractivity contribution >= 4 is 17.5 Å². The number of aromatic nitrogens is 3. The molecule has 1 aliphatic rings. The molecule has 1 aromatic carbocycles. The van der Waals surface area contributed by atoms with Crippen molar-refractivity contribution in [3.05, 3.63) is 40.3 Å². The van der Waals surface area contributed by atoms with Gasteiger partial charge in [-0.05, 0) is 25.0 Å². The number of methoxy groups -OCH3 is 1. The molecule has 0 atom stereocenters. The molecule has 6 nitrogen and oxygen atoms in total. The van der Waals surface area contributed by atoms with Crippen molar-refractivity contribution in [3.63, 3.8) is 0 Å². The van der Waals surface area contributed by atoms with E-state index in [0.29, 0.717) is 16.5 Å². The van der Waals surface area contributed by atoms with Gasteiger partial charge in [-0.25, -0.2) is 9.89 Å². The lowest BCUT2D eigenvalue weighted by Gasteiger charge is -2.07. The molecular formula is C14H15N3O3S. The van der Waals surface area contributed by atoms with E-state index in [1.54, 1.807) is 22.8 Å². The molecule has 3 rings (SSSR count). The Morgan fingerprint density at radius 1 is 1.48 bits per heavy atom. The van der Waals surface area contributed by atoms with Gasteiger partial charge < -0.3 is 4.74 Å². The molecule has 1 aliphatic carbocycles. The predicted octanol–water partition coefficient (Wildman–Crippen LogP) is 1.89. The number of hydrogen-bond donors (Lipinski definition) is 1. The number of carbonyl (C=O) groups is 1. The minimum Gasteiger partial charge on any atom is -0.496 e. The SMILES string of the molecule is COc1ccccc1C(=O)CSc1n[nH]c(=O)n1C1CC1. The van der Waals surface area contributed by atoms with Gasteiger partial charge in [-0.15, -0.1) is 5.10 Å². The minimum absolute atomic E-state index is 0.0461. The number of thioether (sulfide) groups is 1. The van der Waals surface area contributed by atoms with Gasteiger partial charge in [0.25, 0.3) is 0 Å². The van der Waals surface area contributed by atoms with Crippen LogP contribution in [-0.2, 0) is 0 Å². The fourth-order valence-electron chi connectivity index (χ4n) is 2.13. The smallest absolute Gasteiger partial charge is 0.344 e. The van der Waals surface area contributed by atoms with Gasteiger partial charge in [0, 0.05) is 6.04 Å². The standard InChI is InChI=1S/C14H15N3O3S/c1-20-12-5-3-2-4-10(12)11(18)8-21-14-16-15-13(19)17(14)9-6-7-9/h2-5,9H,6-8H2,1H3,(H,15,19). The predicted molar refractivity (Wildman–Crippen MR) is 79.2 cm³/mol. The molecule has 110 valence electrons. The normalized spacial score (nSPS) is 14.1. The van der Waals surface area contributed by atoms with Crippen molar-refractivity contribution in [1.29, 1.82) is 0 Å². The van der Waals surface area contributed by atoms with Gasteiger partial charge in [0.2, 0.25) is 0 Å². The van der Waals surface area contributed by atoms with E-state index < -0.39 is 0 Å². The van der Waals surface area contributed by atoms with Gasteiger partial charge in [0.05, 0.1) is 18.4 Å². The zero-order valence-electron chi connectivity index (χ0n) is 11.5. The zero-order valence-corrected chi connectivity index (χ0v) is 12.4. The summed E-state index contributed by atoms with van der Waals surface area (Å²) in [4.78, 5) is 23.9. The van der Waals surface area contributed by atoms with Gasteiger partial charge in [-0.2, -0.15) is 0 Å². The Hall–Kier alpha value is -2.02. The second-order valence-electron chi connectivity index (χ2n) is 4.82. The lowest BCUT2D eigenvalue weighted by atomic mass is 10.1. The van der Waals surface area contributed by atoms with E-state index in [1.807, 2.05) is 6.07 Å². The van der Waals surface area contributed by atoms with Crippen molar-refractivity contribution in [3.8, 4) is 5.75 Å². The maximum atomic E-state index is 12.3. The van der Waals surface area contributed by atoms with E-state index in [2.05, 4.69) is 10.2 Å². The summed E-state index contributed by atoms with van der Waals surface area (Å²) in [6, 6.07) is 7.35. The van der Waals surface area contributed by atoms with Crippen molar-refractivity contribution < 1.29 is 9.53 Å². The maximum Gasteiger partial charge on any atom is 0.344 e. The minimum atomic E-state index is -0.204. The zero-order chi connectivity index (χ0) is 14.8. The first kappa shape index (κ1) is 13.9. The van der Waals surface area contributed by atoms with E-state index in [9.17, 15) is 9.59 Å². The molecule has 1 heterocycles. The van der Waals surface area contributed by atoms with Crippen LogP contribution in [0.3, 0.4) is 0 Å². The number of para-hydroxylation sites is 1. The molecule has 1 N–H and O–H groups in total. The number of ketones is 1. The fourth-order valence-corrected chi connectivity index (χ4v) is 3.03. The molecule has 1 saturated carbocycles. The number of ether oxygens (including phenoxy) is 1. The first-order chi connectivity index (χ1) is 10.2. The van der Waals surface area contributed by atoms with E-state index in [4.69, 9.17) is 4.74 Å². The lowest BCUT2D eigenvalue weighted by molar-refractivity contribution is 0.101. The summed E-state index contributed by atoms with van der Waals surface area (Å²) in [6.07, 6.45) is 1.99. The van der Waals surface area contributed by atoms with Gasteiger partial charge in [0.1, 0.15) is 5.75 Å². The number of aromatic amines is 1. The number of rotatable bonds is 6. The van der Waals surface area contributed by atoms with Crippen molar-refractivity contribution in [1.82, 2.24) is 14.8 Å². The van der Waals surface area contributed by atoms with Crippen LogP contribution in [0.5, 0.6) is 5.75 Å². The Balaban J connectivity index is 1.73. The quantitative estimate of drug-likeness (QED) is 0.651. The highest BCUT2D eigenvalue weighted by atomic mass is 32.2. The molecule has 2 aromatic rings. The summed E-state index contributed by atoms with van der Waals surface area (Å²) in [5.41, 5.74) is 0.341. The molecule has 0 saturated heterocycles. The molecule has 0 aliphatic heterocycles. The summed E-state index contributed by atoms with van der Waals surface area (Å²) >= 11 is 1.27. The van der Waals surface area contributed by atoms with Crippen molar-refractivity contribution in [2.75, 3.05) is 12.9 Å². The summed E-state index contributed by atoms with van der Waals surface area (Å²) in [7, 11) is 1.54. The van der Waals surface area contributed by atoms with Gasteiger partial charge in [-0.3, -0.25) is 9.36 Å². The van der Waals surface area contributed by atoms with E-state index in [0.717, 1.165) is 12.8 Å². The highest BCUT2D eigenvalue weighted by molar-refractivity contribution is 7.99. The molecule has 1 aromatic heterocycles. The van der Waals surface area contributed by atoms with E-state index >= 15 is 0 Å². The lowest BCUT2D eigenvalue weighted by Crippen LogP contribution is -2.16. The number of Topliss-reactive ketones (excluding diaryl/α,β-unsaturated/α-hetero) is 1. The fraction of sp³-hybridized carbons (Fsp3) is 0.357. The third-order valence-electron chi connectivity index (χ3n) is 3.32. The second kappa shape index (κ2) is 5.77. The van der Waals surface area contributed by atoms with Crippen LogP contribution in [0, 0.1) is 0 Å². The monoisotopic (exact) mass is 305 g/mol. The van der Waals surface area contributed by atoms with Crippen LogP contribution in [0.25, 0.3) is 0 Å². The Morgan fingerprint density at radius 2 is 2.24 bits per heavy atom. The number of carbonyl (C=O) groups excluding carboxylic acids is 1. The van der Waals surface area contributed by atoms with Crippen LogP contribution in [0.1, 0.15) is 29.2 Å². The summed E-state index contributed by atoms with van der Waals surface area (Å²) in [6.45, 7) is 0. The highest BCUT2D eigenvalue weighted by Gasteiger charge is 2.28. The molecule has 1 fully saturated rings. The van der Waals surface area contributed by atoms with Gasteiger partial charge in [0.15, 0.2) is 10.9 Å². The summed E-state index contributed by atoms with van der Waals surface area (Å²) in [5.74, 6) is 0.733. The Kier molecular flexibility index (Phi) is 3.83. The number of nitrogens with zero attached hydrogens (tertiary/aromatic N) is 2. The van der Waals surface area contributed by atoms with Crippen LogP contribution in [-0.4, -0.2) is 33.4 Å². The maximum absolute atomic E-state index is 12.3. The van der Waals surface area contributed by atoms with Crippen molar-refractivity contribution in [2.45, 2.75) is 24.0 Å². The highest BCUT2D eigenvalue weighted by Crippen LogP contribution is 2.36. The molecule has 0 spiro atoms. The van der Waals surface area contributed by atoms with Crippen molar-refractivity contribution in [2.24, 2.45) is 0 Å². The van der Waals surface area contributed by atoms with E-state index in [1.165, 1.54) is 18.9 Å². The van der Waals surface area contributed by atoms with Gasteiger partial charge >= 0.3 is 5.69 Å². The largest absolute Gasteiger partial charge is 0.496 e. The summed E-state index contributed by atoms with van der Waals surface area (Å²) in [5, 5.41) is 7.01. The second-order valence-corrected chi connectivity index (χ2v) is 5.77. The van der Waals surface area contributed by atoms with Crippen LogP contribution < -0.4 is 10.4 Å². The number of hydrogen-bond acceptors (Lipinski definition) is 5. The third-order valence-corrected chi connectivity index (χ3v) is 4.28.